The van der Waals surface area contributed by atoms with Gasteiger partial charge in [0.15, 0.2) is 0 Å². The summed E-state index contributed by atoms with van der Waals surface area (Å²) in [5, 5.41) is 0.483. The number of halogens is 2. The lowest BCUT2D eigenvalue weighted by atomic mass is 9.99. The SMILES string of the molecule is O=C(c1ccc2c(=O)n3c(nc2c1)CCCCCC3)N1CCCc2cccc(OC(F)F)c21. The molecule has 0 atom stereocenters. The molecule has 33 heavy (non-hydrogen) atoms. The lowest BCUT2D eigenvalue weighted by Gasteiger charge is -2.31. The standard InChI is InChI=1S/C25H25F2N3O3/c26-25(27)33-20-9-5-7-16-8-6-14-30(22(16)20)23(31)17-11-12-18-19(15-17)28-21-10-3-1-2-4-13-29(21)24(18)32/h5,7,9,11-12,15,25H,1-4,6,8,10,13-14H2. The first-order valence-corrected chi connectivity index (χ1v) is 11.4. The second-order valence-electron chi connectivity index (χ2n) is 8.58. The highest BCUT2D eigenvalue weighted by atomic mass is 19.3. The Kier molecular flexibility index (Phi) is 5.83. The molecular formula is C25H25F2N3O3. The van der Waals surface area contributed by atoms with Gasteiger partial charge in [-0.15, -0.1) is 0 Å². The van der Waals surface area contributed by atoms with E-state index < -0.39 is 6.61 Å². The van der Waals surface area contributed by atoms with Gasteiger partial charge in [-0.05, 0) is 55.5 Å². The summed E-state index contributed by atoms with van der Waals surface area (Å²) >= 11 is 0. The Morgan fingerprint density at radius 1 is 1.00 bits per heavy atom. The maximum Gasteiger partial charge on any atom is 0.387 e. The predicted octanol–water partition coefficient (Wildman–Crippen LogP) is 4.71. The number of fused-ring (bicyclic) bond motifs is 3. The second-order valence-corrected chi connectivity index (χ2v) is 8.58. The topological polar surface area (TPSA) is 64.4 Å². The van der Waals surface area contributed by atoms with Gasteiger partial charge in [-0.1, -0.05) is 25.0 Å². The van der Waals surface area contributed by atoms with Gasteiger partial charge in [0.2, 0.25) is 0 Å². The van der Waals surface area contributed by atoms with Crippen LogP contribution in [0.5, 0.6) is 5.75 Å². The Morgan fingerprint density at radius 2 is 1.85 bits per heavy atom. The summed E-state index contributed by atoms with van der Waals surface area (Å²) in [5.41, 5.74) is 1.97. The number of carbonyl (C=O) groups is 1. The highest BCUT2D eigenvalue weighted by Gasteiger charge is 2.28. The van der Waals surface area contributed by atoms with Crippen molar-refractivity contribution in [3.63, 3.8) is 0 Å². The Bertz CT molecular complexity index is 1270. The van der Waals surface area contributed by atoms with Gasteiger partial charge >= 0.3 is 6.61 Å². The first-order valence-electron chi connectivity index (χ1n) is 11.4. The Morgan fingerprint density at radius 3 is 2.70 bits per heavy atom. The molecule has 0 unspecified atom stereocenters. The molecule has 8 heteroatoms. The number of amides is 1. The van der Waals surface area contributed by atoms with E-state index in [0.29, 0.717) is 41.7 Å². The summed E-state index contributed by atoms with van der Waals surface area (Å²) in [6.07, 6.45) is 6.29. The Balaban J connectivity index is 1.55. The minimum Gasteiger partial charge on any atom is -0.433 e. The van der Waals surface area contributed by atoms with Crippen molar-refractivity contribution in [3.8, 4) is 5.75 Å². The number of anilines is 1. The summed E-state index contributed by atoms with van der Waals surface area (Å²) in [4.78, 5) is 32.8. The van der Waals surface area contributed by atoms with Crippen molar-refractivity contribution in [3.05, 3.63) is 63.7 Å². The zero-order valence-electron chi connectivity index (χ0n) is 18.2. The molecule has 1 amide bonds. The molecule has 5 rings (SSSR count). The van der Waals surface area contributed by atoms with E-state index in [9.17, 15) is 18.4 Å². The van der Waals surface area contributed by atoms with E-state index in [4.69, 9.17) is 9.72 Å². The van der Waals surface area contributed by atoms with Crippen molar-refractivity contribution < 1.29 is 18.3 Å². The van der Waals surface area contributed by atoms with Gasteiger partial charge in [0, 0.05) is 25.1 Å². The molecule has 2 aromatic carbocycles. The lowest BCUT2D eigenvalue weighted by molar-refractivity contribution is -0.0495. The van der Waals surface area contributed by atoms with Crippen LogP contribution in [0.1, 0.15) is 53.8 Å². The fourth-order valence-corrected chi connectivity index (χ4v) is 4.89. The van der Waals surface area contributed by atoms with Crippen LogP contribution in [0.25, 0.3) is 10.9 Å². The van der Waals surface area contributed by atoms with Gasteiger partial charge in [0.05, 0.1) is 16.6 Å². The first kappa shape index (κ1) is 21.6. The van der Waals surface area contributed by atoms with Crippen LogP contribution in [-0.4, -0.2) is 28.6 Å². The summed E-state index contributed by atoms with van der Waals surface area (Å²) in [5.74, 6) is 0.429. The fourth-order valence-electron chi connectivity index (χ4n) is 4.89. The number of para-hydroxylation sites is 1. The van der Waals surface area contributed by atoms with Crippen LogP contribution < -0.4 is 15.2 Å². The van der Waals surface area contributed by atoms with E-state index in [1.54, 1.807) is 28.8 Å². The van der Waals surface area contributed by atoms with Crippen molar-refractivity contribution in [1.29, 1.82) is 0 Å². The highest BCUT2D eigenvalue weighted by Crippen LogP contribution is 2.38. The minimum atomic E-state index is -2.98. The van der Waals surface area contributed by atoms with E-state index in [1.165, 1.54) is 11.0 Å². The Hall–Kier alpha value is -3.29. The first-order chi connectivity index (χ1) is 16.0. The number of carbonyl (C=O) groups excluding carboxylic acids is 1. The van der Waals surface area contributed by atoms with Crippen LogP contribution in [0.15, 0.2) is 41.2 Å². The molecule has 0 fully saturated rings. The van der Waals surface area contributed by atoms with E-state index in [-0.39, 0.29) is 17.2 Å². The number of ether oxygens (including phenoxy) is 1. The summed E-state index contributed by atoms with van der Waals surface area (Å²) in [6, 6.07) is 9.85. The van der Waals surface area contributed by atoms with E-state index in [2.05, 4.69) is 0 Å². The second kappa shape index (κ2) is 8.92. The van der Waals surface area contributed by atoms with Gasteiger partial charge in [0.1, 0.15) is 11.6 Å². The third-order valence-corrected chi connectivity index (χ3v) is 6.45. The van der Waals surface area contributed by atoms with Gasteiger partial charge < -0.3 is 9.64 Å². The molecule has 6 nitrogen and oxygen atoms in total. The number of aryl methyl sites for hydroxylation is 2. The molecule has 0 saturated heterocycles. The number of benzene rings is 2. The fraction of sp³-hybridized carbons (Fsp3) is 0.400. The smallest absolute Gasteiger partial charge is 0.387 e. The quantitative estimate of drug-likeness (QED) is 0.576. The average Bonchev–Trinajstić information content (AvgIpc) is 2.79. The molecule has 1 aromatic heterocycles. The number of hydrogen-bond donors (Lipinski definition) is 0. The molecule has 0 saturated carbocycles. The van der Waals surface area contributed by atoms with Crippen LogP contribution in [-0.2, 0) is 19.4 Å². The number of alkyl halides is 2. The van der Waals surface area contributed by atoms with Gasteiger partial charge in [0.25, 0.3) is 11.5 Å². The van der Waals surface area contributed by atoms with Crippen LogP contribution in [0.4, 0.5) is 14.5 Å². The van der Waals surface area contributed by atoms with Crippen molar-refractivity contribution >= 4 is 22.5 Å². The van der Waals surface area contributed by atoms with E-state index in [0.717, 1.165) is 49.9 Å². The van der Waals surface area contributed by atoms with Crippen molar-refractivity contribution in [2.75, 3.05) is 11.4 Å². The molecule has 0 aliphatic carbocycles. The maximum atomic E-state index is 13.5. The van der Waals surface area contributed by atoms with E-state index >= 15 is 0 Å². The molecule has 0 N–H and O–H groups in total. The average molecular weight is 453 g/mol. The largest absolute Gasteiger partial charge is 0.433 e. The van der Waals surface area contributed by atoms with Crippen molar-refractivity contribution in [2.24, 2.45) is 0 Å². The Labute approximate surface area is 189 Å². The van der Waals surface area contributed by atoms with Crippen molar-refractivity contribution in [1.82, 2.24) is 9.55 Å². The number of rotatable bonds is 3. The monoisotopic (exact) mass is 453 g/mol. The lowest BCUT2D eigenvalue weighted by Crippen LogP contribution is -2.36. The van der Waals surface area contributed by atoms with Gasteiger partial charge in [-0.2, -0.15) is 8.78 Å². The van der Waals surface area contributed by atoms with Crippen LogP contribution >= 0.6 is 0 Å². The number of aromatic nitrogens is 2. The molecular weight excluding hydrogens is 428 g/mol. The third-order valence-electron chi connectivity index (χ3n) is 6.45. The third kappa shape index (κ3) is 4.10. The summed E-state index contributed by atoms with van der Waals surface area (Å²) in [7, 11) is 0. The van der Waals surface area contributed by atoms with Crippen molar-refractivity contribution in [2.45, 2.75) is 58.1 Å². The molecule has 2 aliphatic heterocycles. The van der Waals surface area contributed by atoms with Crippen LogP contribution in [0, 0.1) is 0 Å². The molecule has 3 aromatic rings. The molecule has 172 valence electrons. The molecule has 2 aliphatic rings. The molecule has 0 spiro atoms. The normalized spacial score (nSPS) is 16.2. The zero-order valence-corrected chi connectivity index (χ0v) is 18.2. The summed E-state index contributed by atoms with van der Waals surface area (Å²) < 4.78 is 32.4. The minimum absolute atomic E-state index is 0.00547. The number of nitrogens with zero attached hydrogens (tertiary/aromatic N) is 3. The van der Waals surface area contributed by atoms with Crippen LogP contribution in [0.3, 0.4) is 0 Å². The van der Waals surface area contributed by atoms with Gasteiger partial charge in [-0.25, -0.2) is 4.98 Å². The molecule has 0 radical (unpaired) electrons. The highest BCUT2D eigenvalue weighted by molar-refractivity contribution is 6.09. The number of hydrogen-bond acceptors (Lipinski definition) is 4. The molecule has 0 bridgehead atoms. The van der Waals surface area contributed by atoms with E-state index in [1.807, 2.05) is 6.07 Å². The van der Waals surface area contributed by atoms with Crippen LogP contribution in [0.2, 0.25) is 0 Å². The zero-order chi connectivity index (χ0) is 22.9. The van der Waals surface area contributed by atoms with Gasteiger partial charge in [-0.3, -0.25) is 14.2 Å². The summed E-state index contributed by atoms with van der Waals surface area (Å²) in [6.45, 7) is -1.92. The maximum absolute atomic E-state index is 13.5. The molecule has 3 heterocycles. The predicted molar refractivity (Wildman–Crippen MR) is 121 cm³/mol.